The molecule has 3 atom stereocenters. The van der Waals surface area contributed by atoms with Crippen LogP contribution in [0.4, 0.5) is 4.39 Å². The third kappa shape index (κ3) is 4.65. The van der Waals surface area contributed by atoms with Crippen molar-refractivity contribution in [3.05, 3.63) is 76.9 Å². The number of aromatic nitrogens is 4. The summed E-state index contributed by atoms with van der Waals surface area (Å²) < 4.78 is 19.9. The van der Waals surface area contributed by atoms with E-state index in [-0.39, 0.29) is 29.7 Å². The molecule has 2 fully saturated rings. The number of thiazole rings is 1. The molecule has 3 aromatic heterocycles. The van der Waals surface area contributed by atoms with Crippen molar-refractivity contribution in [1.29, 1.82) is 0 Å². The number of carbonyl (C=O) groups excluding carboxylic acids is 1. The number of rotatable bonds is 6. The number of aryl methyl sites for hydroxylation is 1. The first-order chi connectivity index (χ1) is 18.2. The summed E-state index contributed by atoms with van der Waals surface area (Å²) in [6.07, 6.45) is 3.35. The Morgan fingerprint density at radius 1 is 1.11 bits per heavy atom. The number of carbonyl (C=O) groups is 1. The normalized spacial score (nSPS) is 20.3. The molecule has 0 spiro atoms. The molecule has 1 aliphatic carbocycles. The molecule has 1 saturated carbocycles. The summed E-state index contributed by atoms with van der Waals surface area (Å²) in [7, 11) is 0. The van der Waals surface area contributed by atoms with Gasteiger partial charge in [-0.3, -0.25) is 9.78 Å². The fourth-order valence-corrected chi connectivity index (χ4v) is 5.87. The summed E-state index contributed by atoms with van der Waals surface area (Å²) in [5.41, 5.74) is 8.53. The number of fused-ring (bicyclic) bond motifs is 1. The molecule has 0 bridgehead atoms. The van der Waals surface area contributed by atoms with E-state index in [1.165, 1.54) is 23.5 Å². The number of benzene rings is 1. The largest absolute Gasteiger partial charge is 0.490 e. The summed E-state index contributed by atoms with van der Waals surface area (Å²) in [6, 6.07) is 11.7. The molecule has 1 aromatic carbocycles. The molecule has 0 radical (unpaired) electrons. The molecule has 4 aromatic rings. The Hall–Kier alpha value is -3.76. The Labute approximate surface area is 223 Å². The van der Waals surface area contributed by atoms with E-state index in [0.29, 0.717) is 51.6 Å². The number of nitrogens with zero attached hydrogens (tertiary/aromatic N) is 5. The standard InChI is InChI=1S/C28H27FN6O2S/c1-15-24(38-26(33-15)25-31-9-4-10-32-25)27(36)35-13-19-20(14-35)23(19)37-18-11-21(16-5-7-17(29)8-6-16)34-22(12-18)28(2,3)30/h4-12,19-20,23H,13-14,30H2,1-3H3/t19-,20?,23+/m1/s1. The third-order valence-electron chi connectivity index (χ3n) is 7.02. The van der Waals surface area contributed by atoms with Gasteiger partial charge in [-0.1, -0.05) is 0 Å². The molecule has 8 nitrogen and oxygen atoms in total. The molecule has 194 valence electrons. The van der Waals surface area contributed by atoms with E-state index < -0.39 is 5.54 Å². The van der Waals surface area contributed by atoms with Gasteiger partial charge in [0.15, 0.2) is 10.8 Å². The Morgan fingerprint density at radius 2 is 1.79 bits per heavy atom. The first-order valence-electron chi connectivity index (χ1n) is 12.5. The minimum atomic E-state index is -0.674. The van der Waals surface area contributed by atoms with Crippen molar-refractivity contribution in [1.82, 2.24) is 24.8 Å². The minimum absolute atomic E-state index is 0.0113. The van der Waals surface area contributed by atoms with Gasteiger partial charge in [-0.25, -0.2) is 19.3 Å². The number of halogens is 1. The predicted molar refractivity (Wildman–Crippen MR) is 142 cm³/mol. The molecule has 1 unspecified atom stereocenters. The van der Waals surface area contributed by atoms with Crippen molar-refractivity contribution in [2.45, 2.75) is 32.4 Å². The van der Waals surface area contributed by atoms with E-state index in [2.05, 4.69) is 15.0 Å². The van der Waals surface area contributed by atoms with Crippen molar-refractivity contribution in [2.75, 3.05) is 13.1 Å². The Morgan fingerprint density at radius 3 is 2.45 bits per heavy atom. The number of ether oxygens (including phenoxy) is 1. The van der Waals surface area contributed by atoms with Crippen LogP contribution in [-0.4, -0.2) is 49.9 Å². The fourth-order valence-electron chi connectivity index (χ4n) is 4.89. The van der Waals surface area contributed by atoms with Crippen molar-refractivity contribution >= 4 is 17.2 Å². The number of amides is 1. The van der Waals surface area contributed by atoms with Gasteiger partial charge in [0.1, 0.15) is 22.5 Å². The number of pyridine rings is 1. The predicted octanol–water partition coefficient (Wildman–Crippen LogP) is 4.45. The average Bonchev–Trinajstić information content (AvgIpc) is 3.22. The maximum Gasteiger partial charge on any atom is 0.265 e. The summed E-state index contributed by atoms with van der Waals surface area (Å²) in [6.45, 7) is 6.89. The van der Waals surface area contributed by atoms with Crippen molar-refractivity contribution in [3.8, 4) is 27.8 Å². The van der Waals surface area contributed by atoms with Crippen LogP contribution >= 0.6 is 11.3 Å². The minimum Gasteiger partial charge on any atom is -0.490 e. The van der Waals surface area contributed by atoms with Crippen LogP contribution in [0.15, 0.2) is 54.9 Å². The second-order valence-corrected chi connectivity index (χ2v) is 11.4. The van der Waals surface area contributed by atoms with Crippen LogP contribution in [0.25, 0.3) is 22.1 Å². The molecule has 1 aliphatic heterocycles. The van der Waals surface area contributed by atoms with Crippen LogP contribution in [0, 0.1) is 24.6 Å². The highest BCUT2D eigenvalue weighted by Crippen LogP contribution is 2.49. The van der Waals surface area contributed by atoms with E-state index in [0.717, 1.165) is 5.56 Å². The molecular formula is C28H27FN6O2S. The molecular weight excluding hydrogens is 503 g/mol. The zero-order chi connectivity index (χ0) is 26.6. The number of hydrogen-bond acceptors (Lipinski definition) is 8. The maximum absolute atomic E-state index is 13.5. The zero-order valence-corrected chi connectivity index (χ0v) is 22.1. The number of nitrogens with two attached hydrogens (primary N) is 1. The van der Waals surface area contributed by atoms with Crippen LogP contribution in [0.5, 0.6) is 5.75 Å². The van der Waals surface area contributed by atoms with Gasteiger partial charge in [0, 0.05) is 55.0 Å². The third-order valence-corrected chi connectivity index (χ3v) is 8.16. The summed E-state index contributed by atoms with van der Waals surface area (Å²) >= 11 is 1.33. The van der Waals surface area contributed by atoms with E-state index in [4.69, 9.17) is 15.5 Å². The number of likely N-dealkylation sites (tertiary alicyclic amines) is 1. The average molecular weight is 531 g/mol. The fraction of sp³-hybridized carbons (Fsp3) is 0.321. The number of hydrogen-bond donors (Lipinski definition) is 1. The van der Waals surface area contributed by atoms with Gasteiger partial charge >= 0.3 is 0 Å². The van der Waals surface area contributed by atoms with Gasteiger partial charge in [-0.15, -0.1) is 11.3 Å². The SMILES string of the molecule is Cc1nc(-c2ncccn2)sc1C(=O)N1CC2[C@@H](C1)[C@@H]2Oc1cc(-c2ccc(F)cc2)nc(C(C)(C)N)c1. The quantitative estimate of drug-likeness (QED) is 0.392. The molecule has 1 saturated heterocycles. The molecule has 2 aliphatic rings. The monoisotopic (exact) mass is 530 g/mol. The lowest BCUT2D eigenvalue weighted by atomic mass is 10.00. The molecule has 4 heterocycles. The van der Waals surface area contributed by atoms with Gasteiger partial charge < -0.3 is 15.4 Å². The van der Waals surface area contributed by atoms with Gasteiger partial charge in [0.25, 0.3) is 5.91 Å². The highest BCUT2D eigenvalue weighted by molar-refractivity contribution is 7.17. The lowest BCUT2D eigenvalue weighted by Crippen LogP contribution is -2.33. The summed E-state index contributed by atoms with van der Waals surface area (Å²) in [4.78, 5) is 33.5. The zero-order valence-electron chi connectivity index (χ0n) is 21.3. The first-order valence-corrected chi connectivity index (χ1v) is 13.3. The summed E-state index contributed by atoms with van der Waals surface area (Å²) in [5, 5.41) is 0.644. The molecule has 10 heteroatoms. The van der Waals surface area contributed by atoms with Crippen molar-refractivity contribution in [2.24, 2.45) is 17.6 Å². The van der Waals surface area contributed by atoms with Crippen LogP contribution in [0.2, 0.25) is 0 Å². The van der Waals surface area contributed by atoms with Crippen LogP contribution in [0.1, 0.15) is 34.9 Å². The van der Waals surface area contributed by atoms with Gasteiger partial charge in [0.2, 0.25) is 0 Å². The number of piperidine rings is 1. The Kier molecular flexibility index (Phi) is 5.96. The lowest BCUT2D eigenvalue weighted by molar-refractivity contribution is 0.0756. The topological polar surface area (TPSA) is 107 Å². The molecule has 38 heavy (non-hydrogen) atoms. The highest BCUT2D eigenvalue weighted by Gasteiger charge is 2.59. The van der Waals surface area contributed by atoms with Crippen LogP contribution < -0.4 is 10.5 Å². The van der Waals surface area contributed by atoms with E-state index in [1.54, 1.807) is 30.6 Å². The van der Waals surface area contributed by atoms with E-state index in [9.17, 15) is 9.18 Å². The molecule has 6 rings (SSSR count). The van der Waals surface area contributed by atoms with Crippen molar-refractivity contribution < 1.29 is 13.9 Å². The smallest absolute Gasteiger partial charge is 0.265 e. The first kappa shape index (κ1) is 24.6. The molecule has 2 N–H and O–H groups in total. The van der Waals surface area contributed by atoms with Crippen molar-refractivity contribution in [3.63, 3.8) is 0 Å². The Bertz CT molecular complexity index is 1490. The van der Waals surface area contributed by atoms with E-state index in [1.807, 2.05) is 37.8 Å². The Balaban J connectivity index is 1.16. The second kappa shape index (κ2) is 9.21. The van der Waals surface area contributed by atoms with Gasteiger partial charge in [0.05, 0.1) is 22.6 Å². The highest BCUT2D eigenvalue weighted by atomic mass is 32.1. The van der Waals surface area contributed by atoms with E-state index >= 15 is 0 Å². The maximum atomic E-state index is 13.5. The lowest BCUT2D eigenvalue weighted by Gasteiger charge is -2.22. The van der Waals surface area contributed by atoms with Gasteiger partial charge in [-0.05, 0) is 51.1 Å². The second-order valence-electron chi connectivity index (χ2n) is 10.4. The van der Waals surface area contributed by atoms with Crippen LogP contribution in [0.3, 0.4) is 0 Å². The van der Waals surface area contributed by atoms with Gasteiger partial charge in [-0.2, -0.15) is 0 Å². The van der Waals surface area contributed by atoms with Crippen LogP contribution in [-0.2, 0) is 5.54 Å². The molecule has 1 amide bonds. The summed E-state index contributed by atoms with van der Waals surface area (Å²) in [5.74, 6) is 1.42.